The van der Waals surface area contributed by atoms with Crippen molar-refractivity contribution in [1.82, 2.24) is 0 Å². The highest BCUT2D eigenvalue weighted by Crippen LogP contribution is 2.08. The Morgan fingerprint density at radius 1 is 1.31 bits per heavy atom. The molecule has 0 heterocycles. The molecule has 0 aromatic heterocycles. The summed E-state index contributed by atoms with van der Waals surface area (Å²) in [6.45, 7) is 5.15. The van der Waals surface area contributed by atoms with E-state index in [1.165, 1.54) is 14.2 Å². The standard InChI is InChI=1S/C10H14O3/c1-5-6-7-9(12-3)8(2)10(11)13-4/h5-7H,1H2,2-4H3/b7-6-,9-8-. The Hall–Kier alpha value is -1.51. The van der Waals surface area contributed by atoms with E-state index in [0.717, 1.165) is 0 Å². The van der Waals surface area contributed by atoms with Crippen molar-refractivity contribution in [2.75, 3.05) is 14.2 Å². The van der Waals surface area contributed by atoms with Crippen molar-refractivity contribution in [1.29, 1.82) is 0 Å². The minimum Gasteiger partial charge on any atom is -0.496 e. The van der Waals surface area contributed by atoms with Gasteiger partial charge in [-0.2, -0.15) is 0 Å². The number of methoxy groups -OCH3 is 2. The van der Waals surface area contributed by atoms with Crippen LogP contribution >= 0.6 is 0 Å². The SMILES string of the molecule is C=C/C=C\C(OC)=C(/C)C(=O)OC. The summed E-state index contributed by atoms with van der Waals surface area (Å²) >= 11 is 0. The highest BCUT2D eigenvalue weighted by atomic mass is 16.5. The number of esters is 1. The average Bonchev–Trinajstić information content (AvgIpc) is 2.17. The van der Waals surface area contributed by atoms with Crippen molar-refractivity contribution in [3.63, 3.8) is 0 Å². The van der Waals surface area contributed by atoms with Crippen LogP contribution in [0.4, 0.5) is 0 Å². The van der Waals surface area contributed by atoms with Gasteiger partial charge in [0.25, 0.3) is 0 Å². The first-order valence-corrected chi connectivity index (χ1v) is 3.79. The van der Waals surface area contributed by atoms with Gasteiger partial charge in [-0.1, -0.05) is 18.7 Å². The fourth-order valence-corrected chi connectivity index (χ4v) is 0.755. The van der Waals surface area contributed by atoms with Crippen LogP contribution in [0.15, 0.2) is 36.1 Å². The van der Waals surface area contributed by atoms with Crippen molar-refractivity contribution < 1.29 is 14.3 Å². The van der Waals surface area contributed by atoms with E-state index in [1.54, 1.807) is 25.2 Å². The van der Waals surface area contributed by atoms with Crippen LogP contribution in [0, 0.1) is 0 Å². The molecule has 0 spiro atoms. The summed E-state index contributed by atoms with van der Waals surface area (Å²) in [7, 11) is 2.82. The number of ether oxygens (including phenoxy) is 2. The molecule has 0 aromatic carbocycles. The summed E-state index contributed by atoms with van der Waals surface area (Å²) in [6.07, 6.45) is 4.94. The van der Waals surface area contributed by atoms with Gasteiger partial charge in [0.1, 0.15) is 5.76 Å². The second-order valence-electron chi connectivity index (χ2n) is 2.28. The van der Waals surface area contributed by atoms with Gasteiger partial charge >= 0.3 is 5.97 Å². The lowest BCUT2D eigenvalue weighted by molar-refractivity contribution is -0.136. The van der Waals surface area contributed by atoms with E-state index >= 15 is 0 Å². The summed E-state index contributed by atoms with van der Waals surface area (Å²) in [5.41, 5.74) is 0.433. The second-order valence-corrected chi connectivity index (χ2v) is 2.28. The molecular weight excluding hydrogens is 168 g/mol. The summed E-state index contributed by atoms with van der Waals surface area (Å²) < 4.78 is 9.52. The van der Waals surface area contributed by atoms with Crippen LogP contribution < -0.4 is 0 Å². The van der Waals surface area contributed by atoms with E-state index in [9.17, 15) is 4.79 Å². The molecular formula is C10H14O3. The normalized spacial score (nSPS) is 12.2. The maximum absolute atomic E-state index is 11.1. The molecule has 13 heavy (non-hydrogen) atoms. The summed E-state index contributed by atoms with van der Waals surface area (Å²) in [5, 5.41) is 0. The molecule has 3 nitrogen and oxygen atoms in total. The number of rotatable bonds is 4. The van der Waals surface area contributed by atoms with Gasteiger partial charge in [0.05, 0.1) is 19.8 Å². The molecule has 0 aliphatic carbocycles. The van der Waals surface area contributed by atoms with Crippen LogP contribution in [0.25, 0.3) is 0 Å². The predicted molar refractivity (Wildman–Crippen MR) is 51.1 cm³/mol. The lowest BCUT2D eigenvalue weighted by Gasteiger charge is -2.04. The van der Waals surface area contributed by atoms with Gasteiger partial charge in [-0.15, -0.1) is 0 Å². The summed E-state index contributed by atoms with van der Waals surface area (Å²) in [6, 6.07) is 0. The summed E-state index contributed by atoms with van der Waals surface area (Å²) in [4.78, 5) is 11.1. The Morgan fingerprint density at radius 3 is 2.31 bits per heavy atom. The topological polar surface area (TPSA) is 35.5 Å². The Bertz CT molecular complexity index is 249. The Balaban J connectivity index is 4.77. The monoisotopic (exact) mass is 182 g/mol. The third-order valence-corrected chi connectivity index (χ3v) is 1.46. The first-order valence-electron chi connectivity index (χ1n) is 3.79. The second kappa shape index (κ2) is 6.06. The van der Waals surface area contributed by atoms with Crippen molar-refractivity contribution in [3.8, 4) is 0 Å². The number of hydrogen-bond acceptors (Lipinski definition) is 3. The number of carbonyl (C=O) groups is 1. The Kier molecular flexibility index (Phi) is 5.35. The van der Waals surface area contributed by atoms with Gasteiger partial charge in [0.2, 0.25) is 0 Å². The minimum absolute atomic E-state index is 0.398. The number of hydrogen-bond donors (Lipinski definition) is 0. The van der Waals surface area contributed by atoms with Gasteiger partial charge < -0.3 is 9.47 Å². The van der Waals surface area contributed by atoms with E-state index in [0.29, 0.717) is 11.3 Å². The zero-order chi connectivity index (χ0) is 10.3. The molecule has 0 radical (unpaired) electrons. The quantitative estimate of drug-likeness (QED) is 0.288. The molecule has 3 heteroatoms. The molecule has 0 saturated heterocycles. The van der Waals surface area contributed by atoms with Crippen LogP contribution in [-0.2, 0) is 14.3 Å². The van der Waals surface area contributed by atoms with Crippen molar-refractivity contribution in [2.45, 2.75) is 6.92 Å². The number of allylic oxidation sites excluding steroid dienone is 3. The maximum Gasteiger partial charge on any atom is 0.337 e. The summed E-state index contributed by atoms with van der Waals surface area (Å²) in [5.74, 6) is 0.0808. The largest absolute Gasteiger partial charge is 0.496 e. The van der Waals surface area contributed by atoms with E-state index in [1.807, 2.05) is 0 Å². The fourth-order valence-electron chi connectivity index (χ4n) is 0.755. The highest BCUT2D eigenvalue weighted by molar-refractivity contribution is 5.88. The zero-order valence-corrected chi connectivity index (χ0v) is 8.16. The van der Waals surface area contributed by atoms with Crippen LogP contribution in [-0.4, -0.2) is 20.2 Å². The first-order chi connectivity index (χ1) is 6.17. The van der Waals surface area contributed by atoms with Crippen molar-refractivity contribution >= 4 is 5.97 Å². The van der Waals surface area contributed by atoms with Gasteiger partial charge in [0.15, 0.2) is 0 Å². The molecule has 0 amide bonds. The van der Waals surface area contributed by atoms with Gasteiger partial charge in [-0.25, -0.2) is 4.79 Å². The van der Waals surface area contributed by atoms with Gasteiger partial charge in [0, 0.05) is 0 Å². The van der Waals surface area contributed by atoms with E-state index in [2.05, 4.69) is 11.3 Å². The minimum atomic E-state index is -0.398. The smallest absolute Gasteiger partial charge is 0.337 e. The van der Waals surface area contributed by atoms with Crippen LogP contribution in [0.1, 0.15) is 6.92 Å². The molecule has 0 rings (SSSR count). The Morgan fingerprint density at radius 2 is 1.92 bits per heavy atom. The van der Waals surface area contributed by atoms with Gasteiger partial charge in [-0.05, 0) is 13.0 Å². The van der Waals surface area contributed by atoms with E-state index in [-0.39, 0.29) is 0 Å². The van der Waals surface area contributed by atoms with E-state index in [4.69, 9.17) is 4.74 Å². The van der Waals surface area contributed by atoms with Crippen LogP contribution in [0.5, 0.6) is 0 Å². The molecule has 0 N–H and O–H groups in total. The highest BCUT2D eigenvalue weighted by Gasteiger charge is 2.08. The molecule has 0 atom stereocenters. The zero-order valence-electron chi connectivity index (χ0n) is 8.16. The molecule has 0 aliphatic rings. The van der Waals surface area contributed by atoms with Crippen molar-refractivity contribution in [3.05, 3.63) is 36.1 Å². The lowest BCUT2D eigenvalue weighted by atomic mass is 10.2. The van der Waals surface area contributed by atoms with E-state index < -0.39 is 5.97 Å². The molecule has 0 fully saturated rings. The third kappa shape index (κ3) is 3.60. The lowest BCUT2D eigenvalue weighted by Crippen LogP contribution is -2.05. The van der Waals surface area contributed by atoms with Gasteiger partial charge in [-0.3, -0.25) is 0 Å². The predicted octanol–water partition coefficient (Wildman–Crippen LogP) is 1.82. The third-order valence-electron chi connectivity index (χ3n) is 1.46. The Labute approximate surface area is 78.3 Å². The van der Waals surface area contributed by atoms with Crippen LogP contribution in [0.3, 0.4) is 0 Å². The molecule has 0 saturated carbocycles. The molecule has 0 unspecified atom stereocenters. The fraction of sp³-hybridized carbons (Fsp3) is 0.300. The molecule has 0 bridgehead atoms. The molecule has 0 aliphatic heterocycles. The first kappa shape index (κ1) is 11.5. The number of carbonyl (C=O) groups excluding carboxylic acids is 1. The average molecular weight is 182 g/mol. The van der Waals surface area contributed by atoms with Crippen LogP contribution in [0.2, 0.25) is 0 Å². The maximum atomic E-state index is 11.1. The molecule has 72 valence electrons. The van der Waals surface area contributed by atoms with Crippen molar-refractivity contribution in [2.24, 2.45) is 0 Å². The molecule has 0 aromatic rings.